The maximum atomic E-state index is 13.8. The van der Waals surface area contributed by atoms with E-state index in [0.29, 0.717) is 12.1 Å². The molecule has 0 spiro atoms. The minimum Gasteiger partial charge on any atom is -0.491 e. The van der Waals surface area contributed by atoms with Crippen molar-refractivity contribution in [3.63, 3.8) is 0 Å². The van der Waals surface area contributed by atoms with Crippen molar-refractivity contribution in [2.75, 3.05) is 0 Å². The normalized spacial score (nSPS) is 10.8. The van der Waals surface area contributed by atoms with Crippen molar-refractivity contribution in [1.29, 1.82) is 0 Å². The van der Waals surface area contributed by atoms with Gasteiger partial charge in [0.2, 0.25) is 0 Å². The van der Waals surface area contributed by atoms with Crippen LogP contribution in [0.4, 0.5) is 4.39 Å². The minimum absolute atomic E-state index is 0.128. The van der Waals surface area contributed by atoms with Crippen LogP contribution < -0.4 is 10.5 Å². The maximum absolute atomic E-state index is 13.8. The van der Waals surface area contributed by atoms with Crippen molar-refractivity contribution < 1.29 is 9.13 Å². The second-order valence-corrected chi connectivity index (χ2v) is 4.71. The molecule has 2 rings (SSSR count). The van der Waals surface area contributed by atoms with Gasteiger partial charge < -0.3 is 10.5 Å². The molecular formula is C16H18FNO. The van der Waals surface area contributed by atoms with Gasteiger partial charge in [-0.15, -0.1) is 0 Å². The summed E-state index contributed by atoms with van der Waals surface area (Å²) in [6, 6.07) is 12.4. The lowest BCUT2D eigenvalue weighted by molar-refractivity contribution is 0.242. The van der Waals surface area contributed by atoms with Gasteiger partial charge >= 0.3 is 0 Å². The Bertz CT molecular complexity index is 549. The molecule has 0 aliphatic heterocycles. The Labute approximate surface area is 113 Å². The molecule has 0 heterocycles. The third kappa shape index (κ3) is 3.32. The predicted molar refractivity (Wildman–Crippen MR) is 75.5 cm³/mol. The molecule has 0 atom stereocenters. The lowest BCUT2D eigenvalue weighted by atomic mass is 10.0. The van der Waals surface area contributed by atoms with Gasteiger partial charge in [0.15, 0.2) is 0 Å². The zero-order valence-corrected chi connectivity index (χ0v) is 11.2. The highest BCUT2D eigenvalue weighted by Gasteiger charge is 2.06. The highest BCUT2D eigenvalue weighted by atomic mass is 19.1. The topological polar surface area (TPSA) is 35.2 Å². The van der Waals surface area contributed by atoms with E-state index in [-0.39, 0.29) is 11.9 Å². The fourth-order valence-electron chi connectivity index (χ4n) is 1.91. The molecule has 0 amide bonds. The van der Waals surface area contributed by atoms with Crippen molar-refractivity contribution in [1.82, 2.24) is 0 Å². The van der Waals surface area contributed by atoms with E-state index in [1.54, 1.807) is 12.1 Å². The van der Waals surface area contributed by atoms with E-state index in [2.05, 4.69) is 0 Å². The molecule has 3 heteroatoms. The van der Waals surface area contributed by atoms with Crippen molar-refractivity contribution >= 4 is 0 Å². The quantitative estimate of drug-likeness (QED) is 0.907. The largest absolute Gasteiger partial charge is 0.491 e. The summed E-state index contributed by atoms with van der Waals surface area (Å²) < 4.78 is 19.4. The van der Waals surface area contributed by atoms with Gasteiger partial charge in [-0.25, -0.2) is 4.39 Å². The first-order valence-corrected chi connectivity index (χ1v) is 6.35. The van der Waals surface area contributed by atoms with E-state index in [1.807, 2.05) is 38.1 Å². The summed E-state index contributed by atoms with van der Waals surface area (Å²) in [4.78, 5) is 0. The van der Waals surface area contributed by atoms with Crippen LogP contribution in [0.15, 0.2) is 42.5 Å². The standard InChI is InChI=1S/C16H18FNO/c1-11(2)19-14-6-4-13(5-7-14)15-9-12(10-18)3-8-16(15)17/h3-9,11H,10,18H2,1-2H3. The van der Waals surface area contributed by atoms with E-state index in [9.17, 15) is 4.39 Å². The average molecular weight is 259 g/mol. The van der Waals surface area contributed by atoms with Gasteiger partial charge in [-0.05, 0) is 49.2 Å². The highest BCUT2D eigenvalue weighted by Crippen LogP contribution is 2.26. The van der Waals surface area contributed by atoms with Gasteiger partial charge in [0, 0.05) is 12.1 Å². The van der Waals surface area contributed by atoms with E-state index in [1.165, 1.54) is 6.07 Å². The first-order valence-electron chi connectivity index (χ1n) is 6.35. The number of benzene rings is 2. The van der Waals surface area contributed by atoms with E-state index in [4.69, 9.17) is 10.5 Å². The van der Waals surface area contributed by atoms with Gasteiger partial charge in [-0.2, -0.15) is 0 Å². The Balaban J connectivity index is 2.31. The van der Waals surface area contributed by atoms with Crippen molar-refractivity contribution in [2.45, 2.75) is 26.5 Å². The Morgan fingerprint density at radius 3 is 2.37 bits per heavy atom. The van der Waals surface area contributed by atoms with Crippen LogP contribution in [0, 0.1) is 5.82 Å². The molecule has 0 radical (unpaired) electrons. The molecule has 0 aromatic heterocycles. The van der Waals surface area contributed by atoms with Crippen LogP contribution in [-0.2, 0) is 6.54 Å². The Morgan fingerprint density at radius 1 is 1.11 bits per heavy atom. The van der Waals surface area contributed by atoms with Gasteiger partial charge in [-0.1, -0.05) is 18.2 Å². The van der Waals surface area contributed by atoms with Crippen molar-refractivity contribution in [3.05, 3.63) is 53.8 Å². The Morgan fingerprint density at radius 2 is 1.79 bits per heavy atom. The molecule has 0 fully saturated rings. The fourth-order valence-corrected chi connectivity index (χ4v) is 1.91. The summed E-state index contributed by atoms with van der Waals surface area (Å²) in [5.41, 5.74) is 7.89. The average Bonchev–Trinajstić information content (AvgIpc) is 2.40. The van der Waals surface area contributed by atoms with Gasteiger partial charge in [0.25, 0.3) is 0 Å². The van der Waals surface area contributed by atoms with Crippen LogP contribution in [0.1, 0.15) is 19.4 Å². The summed E-state index contributed by atoms with van der Waals surface area (Å²) in [6.07, 6.45) is 0.128. The second-order valence-electron chi connectivity index (χ2n) is 4.71. The maximum Gasteiger partial charge on any atom is 0.131 e. The first kappa shape index (κ1) is 13.6. The molecule has 100 valence electrons. The lowest BCUT2D eigenvalue weighted by Gasteiger charge is -2.11. The zero-order chi connectivity index (χ0) is 13.8. The lowest BCUT2D eigenvalue weighted by Crippen LogP contribution is -2.05. The summed E-state index contributed by atoms with van der Waals surface area (Å²) in [5.74, 6) is 0.545. The third-order valence-corrected chi connectivity index (χ3v) is 2.80. The molecule has 0 unspecified atom stereocenters. The number of hydrogen-bond acceptors (Lipinski definition) is 2. The molecule has 0 bridgehead atoms. The predicted octanol–water partition coefficient (Wildman–Crippen LogP) is 3.74. The molecule has 0 saturated carbocycles. The third-order valence-electron chi connectivity index (χ3n) is 2.80. The molecule has 2 aromatic rings. The van der Waals surface area contributed by atoms with Crippen LogP contribution in [-0.4, -0.2) is 6.10 Å². The Kier molecular flexibility index (Phi) is 4.17. The van der Waals surface area contributed by atoms with E-state index < -0.39 is 0 Å². The SMILES string of the molecule is CC(C)Oc1ccc(-c2cc(CN)ccc2F)cc1. The number of halogens is 1. The zero-order valence-electron chi connectivity index (χ0n) is 11.2. The van der Waals surface area contributed by atoms with E-state index in [0.717, 1.165) is 16.9 Å². The Hall–Kier alpha value is -1.87. The van der Waals surface area contributed by atoms with Crippen LogP contribution >= 0.6 is 0 Å². The fraction of sp³-hybridized carbons (Fsp3) is 0.250. The number of nitrogens with two attached hydrogens (primary N) is 1. The van der Waals surface area contributed by atoms with Crippen LogP contribution in [0.2, 0.25) is 0 Å². The van der Waals surface area contributed by atoms with Crippen molar-refractivity contribution in [2.24, 2.45) is 5.73 Å². The minimum atomic E-state index is -0.241. The summed E-state index contributed by atoms with van der Waals surface area (Å²) >= 11 is 0. The molecular weight excluding hydrogens is 241 g/mol. The molecule has 2 aromatic carbocycles. The van der Waals surface area contributed by atoms with Crippen LogP contribution in [0.3, 0.4) is 0 Å². The first-order chi connectivity index (χ1) is 9.10. The molecule has 0 saturated heterocycles. The van der Waals surface area contributed by atoms with Crippen molar-refractivity contribution in [3.8, 4) is 16.9 Å². The molecule has 19 heavy (non-hydrogen) atoms. The smallest absolute Gasteiger partial charge is 0.131 e. The molecule has 0 aliphatic rings. The van der Waals surface area contributed by atoms with Gasteiger partial charge in [0.1, 0.15) is 11.6 Å². The highest BCUT2D eigenvalue weighted by molar-refractivity contribution is 5.65. The number of ether oxygens (including phenoxy) is 1. The second kappa shape index (κ2) is 5.85. The van der Waals surface area contributed by atoms with Gasteiger partial charge in [0.05, 0.1) is 6.10 Å². The number of rotatable bonds is 4. The molecule has 2 N–H and O–H groups in total. The summed E-state index contributed by atoms with van der Waals surface area (Å²) in [6.45, 7) is 4.35. The van der Waals surface area contributed by atoms with Crippen LogP contribution in [0.25, 0.3) is 11.1 Å². The summed E-state index contributed by atoms with van der Waals surface area (Å²) in [7, 11) is 0. The molecule has 2 nitrogen and oxygen atoms in total. The number of hydrogen-bond donors (Lipinski definition) is 1. The summed E-state index contributed by atoms with van der Waals surface area (Å²) in [5, 5.41) is 0. The van der Waals surface area contributed by atoms with Gasteiger partial charge in [-0.3, -0.25) is 0 Å². The van der Waals surface area contributed by atoms with Crippen LogP contribution in [0.5, 0.6) is 5.75 Å². The van der Waals surface area contributed by atoms with E-state index >= 15 is 0 Å². The monoisotopic (exact) mass is 259 g/mol. The molecule has 0 aliphatic carbocycles.